The van der Waals surface area contributed by atoms with E-state index in [0.29, 0.717) is 0 Å². The summed E-state index contributed by atoms with van der Waals surface area (Å²) in [5.74, 6) is 0. The Hall–Kier alpha value is -2.06. The lowest BCUT2D eigenvalue weighted by Crippen LogP contribution is -2.14. The Morgan fingerprint density at radius 2 is 1.28 bits per heavy atom. The highest BCUT2D eigenvalue weighted by molar-refractivity contribution is 9.10. The van der Waals surface area contributed by atoms with Crippen molar-refractivity contribution in [3.63, 3.8) is 0 Å². The van der Waals surface area contributed by atoms with Crippen molar-refractivity contribution in [3.05, 3.63) is 100 Å². The molecule has 0 aliphatic heterocycles. The van der Waals surface area contributed by atoms with Gasteiger partial charge in [0.15, 0.2) is 0 Å². The van der Waals surface area contributed by atoms with Crippen molar-refractivity contribution in [2.45, 2.75) is 32.2 Å². The molecule has 0 spiro atoms. The van der Waals surface area contributed by atoms with E-state index >= 15 is 0 Å². The van der Waals surface area contributed by atoms with Gasteiger partial charge in [0.2, 0.25) is 0 Å². The summed E-state index contributed by atoms with van der Waals surface area (Å²) in [5, 5.41) is 3.68. The Balaban J connectivity index is 1.95. The minimum Gasteiger partial charge on any atom is -0.374 e. The fraction of sp³-hybridized carbons (Fsp3) is 0.217. The van der Waals surface area contributed by atoms with Crippen LogP contribution in [0.15, 0.2) is 83.3 Å². The van der Waals surface area contributed by atoms with E-state index in [1.54, 1.807) is 0 Å². The van der Waals surface area contributed by atoms with Crippen molar-refractivity contribution in [1.82, 2.24) is 0 Å². The zero-order valence-corrected chi connectivity index (χ0v) is 16.5. The minimum absolute atomic E-state index is 0.122. The van der Waals surface area contributed by atoms with Crippen LogP contribution < -0.4 is 5.32 Å². The van der Waals surface area contributed by atoms with Gasteiger partial charge in [0.25, 0.3) is 0 Å². The first-order valence-electron chi connectivity index (χ1n) is 8.61. The fourth-order valence-corrected chi connectivity index (χ4v) is 3.16. The van der Waals surface area contributed by atoms with Crippen molar-refractivity contribution in [2.24, 2.45) is 0 Å². The molecular formula is C23H24BrN. The van der Waals surface area contributed by atoms with Crippen LogP contribution in [0.4, 0.5) is 5.69 Å². The molecular weight excluding hydrogens is 370 g/mol. The zero-order chi connectivity index (χ0) is 17.9. The van der Waals surface area contributed by atoms with Crippen molar-refractivity contribution in [2.75, 3.05) is 5.32 Å². The lowest BCUT2D eigenvalue weighted by atomic mass is 9.85. The number of anilines is 1. The Labute approximate surface area is 159 Å². The van der Waals surface area contributed by atoms with E-state index in [1.165, 1.54) is 16.7 Å². The molecule has 3 rings (SSSR count). The summed E-state index contributed by atoms with van der Waals surface area (Å²) in [6.07, 6.45) is 0. The molecule has 0 fully saturated rings. The zero-order valence-electron chi connectivity index (χ0n) is 15.0. The summed E-state index contributed by atoms with van der Waals surface area (Å²) in [4.78, 5) is 0. The molecule has 3 aromatic rings. The highest BCUT2D eigenvalue weighted by Crippen LogP contribution is 2.29. The van der Waals surface area contributed by atoms with Gasteiger partial charge in [-0.2, -0.15) is 0 Å². The van der Waals surface area contributed by atoms with Crippen LogP contribution in [-0.4, -0.2) is 0 Å². The number of hydrogen-bond acceptors (Lipinski definition) is 1. The topological polar surface area (TPSA) is 12.0 Å². The van der Waals surface area contributed by atoms with Crippen LogP contribution in [0.3, 0.4) is 0 Å². The van der Waals surface area contributed by atoms with Gasteiger partial charge in [0, 0.05) is 10.2 Å². The Morgan fingerprint density at radius 3 is 1.84 bits per heavy atom. The van der Waals surface area contributed by atoms with Gasteiger partial charge in [0.05, 0.1) is 6.04 Å². The third kappa shape index (κ3) is 4.52. The van der Waals surface area contributed by atoms with E-state index in [4.69, 9.17) is 0 Å². The standard InChI is InChI=1S/C23H24BrN/c1-23(2,3)19-11-9-18(10-12-19)22(17-7-5-4-6-8-17)25-21-15-13-20(24)14-16-21/h4-16,22,25H,1-3H3. The van der Waals surface area contributed by atoms with Crippen molar-refractivity contribution in [3.8, 4) is 0 Å². The second-order valence-corrected chi connectivity index (χ2v) is 8.28. The number of rotatable bonds is 4. The van der Waals surface area contributed by atoms with Crippen molar-refractivity contribution >= 4 is 21.6 Å². The maximum absolute atomic E-state index is 3.68. The molecule has 0 aromatic heterocycles. The highest BCUT2D eigenvalue weighted by Gasteiger charge is 2.17. The van der Waals surface area contributed by atoms with Gasteiger partial charge >= 0.3 is 0 Å². The lowest BCUT2D eigenvalue weighted by molar-refractivity contribution is 0.590. The van der Waals surface area contributed by atoms with E-state index in [0.717, 1.165) is 10.2 Å². The van der Waals surface area contributed by atoms with Gasteiger partial charge in [-0.3, -0.25) is 0 Å². The number of nitrogens with one attached hydrogen (secondary N) is 1. The van der Waals surface area contributed by atoms with Gasteiger partial charge in [-0.25, -0.2) is 0 Å². The predicted octanol–water partition coefficient (Wildman–Crippen LogP) is 6.95. The average Bonchev–Trinajstić information content (AvgIpc) is 2.61. The van der Waals surface area contributed by atoms with Crippen LogP contribution in [0.5, 0.6) is 0 Å². The maximum Gasteiger partial charge on any atom is 0.0767 e. The summed E-state index contributed by atoms with van der Waals surface area (Å²) in [6, 6.07) is 28.0. The van der Waals surface area contributed by atoms with Crippen molar-refractivity contribution < 1.29 is 0 Å². The van der Waals surface area contributed by atoms with E-state index in [-0.39, 0.29) is 11.5 Å². The van der Waals surface area contributed by atoms with Crippen LogP contribution in [0.2, 0.25) is 0 Å². The van der Waals surface area contributed by atoms with E-state index in [2.05, 4.69) is 121 Å². The first-order chi connectivity index (χ1) is 11.9. The van der Waals surface area contributed by atoms with Gasteiger partial charge < -0.3 is 5.32 Å². The Bertz CT molecular complexity index is 799. The monoisotopic (exact) mass is 393 g/mol. The largest absolute Gasteiger partial charge is 0.374 e. The minimum atomic E-state index is 0.122. The fourth-order valence-electron chi connectivity index (χ4n) is 2.89. The number of benzene rings is 3. The Kier molecular flexibility index (Phi) is 5.29. The molecule has 1 nitrogen and oxygen atoms in total. The molecule has 0 radical (unpaired) electrons. The number of hydrogen-bond donors (Lipinski definition) is 1. The first kappa shape index (κ1) is 17.8. The molecule has 1 N–H and O–H groups in total. The summed E-state index contributed by atoms with van der Waals surface area (Å²) >= 11 is 3.50. The molecule has 0 saturated heterocycles. The molecule has 0 saturated carbocycles. The third-order valence-electron chi connectivity index (χ3n) is 4.40. The molecule has 128 valence electrons. The quantitative estimate of drug-likeness (QED) is 0.505. The molecule has 3 aromatic carbocycles. The summed E-state index contributed by atoms with van der Waals surface area (Å²) in [6.45, 7) is 6.74. The van der Waals surface area contributed by atoms with Gasteiger partial charge in [-0.15, -0.1) is 0 Å². The molecule has 1 atom stereocenters. The summed E-state index contributed by atoms with van der Waals surface area (Å²) < 4.78 is 1.09. The summed E-state index contributed by atoms with van der Waals surface area (Å²) in [7, 11) is 0. The highest BCUT2D eigenvalue weighted by atomic mass is 79.9. The second-order valence-electron chi connectivity index (χ2n) is 7.37. The molecule has 0 aliphatic carbocycles. The average molecular weight is 394 g/mol. The molecule has 0 bridgehead atoms. The van der Waals surface area contributed by atoms with Crippen LogP contribution >= 0.6 is 15.9 Å². The molecule has 1 unspecified atom stereocenters. The molecule has 0 aliphatic rings. The Morgan fingerprint density at radius 1 is 0.720 bits per heavy atom. The first-order valence-corrected chi connectivity index (χ1v) is 9.40. The van der Waals surface area contributed by atoms with Gasteiger partial charge in [-0.1, -0.05) is 91.3 Å². The van der Waals surface area contributed by atoms with Gasteiger partial charge in [0.1, 0.15) is 0 Å². The van der Waals surface area contributed by atoms with Crippen LogP contribution in [-0.2, 0) is 5.41 Å². The lowest BCUT2D eigenvalue weighted by Gasteiger charge is -2.23. The maximum atomic E-state index is 3.68. The van der Waals surface area contributed by atoms with Crippen LogP contribution in [0.25, 0.3) is 0 Å². The van der Waals surface area contributed by atoms with E-state index in [1.807, 2.05) is 0 Å². The smallest absolute Gasteiger partial charge is 0.0767 e. The SMILES string of the molecule is CC(C)(C)c1ccc(C(Nc2ccc(Br)cc2)c2ccccc2)cc1. The van der Waals surface area contributed by atoms with Gasteiger partial charge in [-0.05, 0) is 46.4 Å². The van der Waals surface area contributed by atoms with E-state index < -0.39 is 0 Å². The predicted molar refractivity (Wildman–Crippen MR) is 111 cm³/mol. The summed E-state index contributed by atoms with van der Waals surface area (Å²) in [5.41, 5.74) is 5.15. The third-order valence-corrected chi connectivity index (χ3v) is 4.93. The normalized spacial score (nSPS) is 12.6. The van der Waals surface area contributed by atoms with E-state index in [9.17, 15) is 0 Å². The van der Waals surface area contributed by atoms with Crippen LogP contribution in [0.1, 0.15) is 43.5 Å². The van der Waals surface area contributed by atoms with Crippen LogP contribution in [0, 0.1) is 0 Å². The molecule has 25 heavy (non-hydrogen) atoms. The second kappa shape index (κ2) is 7.45. The van der Waals surface area contributed by atoms with Crippen molar-refractivity contribution in [1.29, 1.82) is 0 Å². The molecule has 0 amide bonds. The number of halogens is 1. The molecule has 0 heterocycles. The molecule has 2 heteroatoms.